The molecule has 4 nitrogen and oxygen atoms in total. The molecule has 1 aromatic carbocycles. The second kappa shape index (κ2) is 5.33. The number of nitrogens with zero attached hydrogens (tertiary/aromatic N) is 3. The molecule has 1 N–H and O–H groups in total. The number of hydrogen-bond acceptors (Lipinski definition) is 3. The van der Waals surface area contributed by atoms with Crippen LogP contribution in [0.1, 0.15) is 18.4 Å². The van der Waals surface area contributed by atoms with E-state index in [2.05, 4.69) is 46.1 Å². The Kier molecular flexibility index (Phi) is 3.37. The fraction of sp³-hybridized carbons (Fsp3) is 0.250. The topological polar surface area (TPSA) is 42.7 Å². The minimum Gasteiger partial charge on any atom is -0.388 e. The summed E-state index contributed by atoms with van der Waals surface area (Å²) in [4.78, 5) is 9.17. The molecule has 3 aromatic rings. The summed E-state index contributed by atoms with van der Waals surface area (Å²) in [6, 6.07) is 12.3. The number of aromatic nitrogens is 3. The first-order valence-corrected chi connectivity index (χ1v) is 6.88. The molecule has 0 atom stereocenters. The van der Waals surface area contributed by atoms with E-state index in [9.17, 15) is 0 Å². The Morgan fingerprint density at radius 2 is 2.05 bits per heavy atom. The number of anilines is 1. The van der Waals surface area contributed by atoms with Gasteiger partial charge in [-0.2, -0.15) is 0 Å². The summed E-state index contributed by atoms with van der Waals surface area (Å²) >= 11 is 0. The van der Waals surface area contributed by atoms with Gasteiger partial charge in [0.15, 0.2) is 0 Å². The van der Waals surface area contributed by atoms with Crippen LogP contribution in [-0.2, 0) is 13.0 Å². The highest BCUT2D eigenvalue weighted by Gasteiger charge is 2.10. The van der Waals surface area contributed by atoms with Gasteiger partial charge in [0.25, 0.3) is 0 Å². The third-order valence-electron chi connectivity index (χ3n) is 3.49. The van der Waals surface area contributed by atoms with Crippen molar-refractivity contribution in [3.05, 3.63) is 54.1 Å². The van der Waals surface area contributed by atoms with E-state index in [4.69, 9.17) is 4.98 Å². The van der Waals surface area contributed by atoms with Crippen molar-refractivity contribution in [2.75, 3.05) is 12.4 Å². The lowest BCUT2D eigenvalue weighted by Crippen LogP contribution is -2.04. The van der Waals surface area contributed by atoms with Gasteiger partial charge in [-0.15, -0.1) is 0 Å². The fourth-order valence-corrected chi connectivity index (χ4v) is 2.51. The van der Waals surface area contributed by atoms with Crippen LogP contribution in [0.3, 0.4) is 0 Å². The van der Waals surface area contributed by atoms with Crippen LogP contribution in [0.2, 0.25) is 0 Å². The minimum absolute atomic E-state index is 0.748. The van der Waals surface area contributed by atoms with E-state index < -0.39 is 0 Å². The Morgan fingerprint density at radius 3 is 2.85 bits per heavy atom. The molecule has 0 radical (unpaired) electrons. The molecule has 3 rings (SSSR count). The van der Waals surface area contributed by atoms with Crippen LogP contribution >= 0.6 is 0 Å². The maximum absolute atomic E-state index is 4.74. The highest BCUT2D eigenvalue weighted by molar-refractivity contribution is 5.76. The van der Waals surface area contributed by atoms with E-state index in [1.54, 1.807) is 0 Å². The summed E-state index contributed by atoms with van der Waals surface area (Å²) in [6.07, 6.45) is 2.58. The predicted molar refractivity (Wildman–Crippen MR) is 82.0 cm³/mol. The van der Waals surface area contributed by atoms with Gasteiger partial charge >= 0.3 is 0 Å². The minimum atomic E-state index is 0.748. The van der Waals surface area contributed by atoms with Crippen molar-refractivity contribution >= 4 is 16.7 Å². The molecule has 0 saturated carbocycles. The Balaban J connectivity index is 2.01. The van der Waals surface area contributed by atoms with E-state index >= 15 is 0 Å². The lowest BCUT2D eigenvalue weighted by atomic mass is 10.2. The largest absolute Gasteiger partial charge is 0.388 e. The molecule has 0 spiro atoms. The maximum atomic E-state index is 4.74. The summed E-state index contributed by atoms with van der Waals surface area (Å²) in [6.45, 7) is 3.07. The third-order valence-corrected chi connectivity index (χ3v) is 3.49. The molecule has 4 heteroatoms. The van der Waals surface area contributed by atoms with Gasteiger partial charge in [-0.1, -0.05) is 12.1 Å². The molecule has 102 valence electrons. The molecule has 0 amide bonds. The molecule has 0 aliphatic rings. The van der Waals surface area contributed by atoms with Crippen LogP contribution in [0.15, 0.2) is 42.6 Å². The van der Waals surface area contributed by atoms with Crippen molar-refractivity contribution in [2.45, 2.75) is 19.9 Å². The summed E-state index contributed by atoms with van der Waals surface area (Å²) < 4.78 is 2.25. The Hall–Kier alpha value is -2.36. The fourth-order valence-electron chi connectivity index (χ4n) is 2.51. The molecule has 2 heterocycles. The van der Waals surface area contributed by atoms with Crippen LogP contribution in [0.25, 0.3) is 11.0 Å². The number of imidazole rings is 1. The highest BCUT2D eigenvalue weighted by Crippen LogP contribution is 2.18. The maximum Gasteiger partial charge on any atom is 0.115 e. The number of hydrogen-bond donors (Lipinski definition) is 1. The van der Waals surface area contributed by atoms with E-state index in [-0.39, 0.29) is 0 Å². The molecule has 0 aliphatic carbocycles. The molecule has 0 unspecified atom stereocenters. The van der Waals surface area contributed by atoms with Gasteiger partial charge in [-0.25, -0.2) is 4.98 Å². The first kappa shape index (κ1) is 12.7. The van der Waals surface area contributed by atoms with Gasteiger partial charge in [-0.3, -0.25) is 4.98 Å². The zero-order chi connectivity index (χ0) is 13.9. The van der Waals surface area contributed by atoms with E-state index in [0.29, 0.717) is 0 Å². The van der Waals surface area contributed by atoms with Gasteiger partial charge in [0.1, 0.15) is 5.82 Å². The van der Waals surface area contributed by atoms with Crippen LogP contribution in [0.5, 0.6) is 0 Å². The first-order valence-electron chi connectivity index (χ1n) is 6.88. The van der Waals surface area contributed by atoms with Crippen molar-refractivity contribution in [2.24, 2.45) is 0 Å². The van der Waals surface area contributed by atoms with Crippen molar-refractivity contribution in [3.8, 4) is 0 Å². The van der Waals surface area contributed by atoms with Crippen LogP contribution in [0, 0.1) is 0 Å². The summed E-state index contributed by atoms with van der Waals surface area (Å²) in [7, 11) is 1.92. The number of aryl methyl sites for hydroxylation is 1. The smallest absolute Gasteiger partial charge is 0.115 e. The third kappa shape index (κ3) is 2.25. The first-order chi connectivity index (χ1) is 9.81. The molecule has 2 aromatic heterocycles. The zero-order valence-electron chi connectivity index (χ0n) is 11.8. The molecular formula is C16H18N4. The second-order valence-electron chi connectivity index (χ2n) is 4.72. The number of benzene rings is 1. The van der Waals surface area contributed by atoms with Gasteiger partial charge < -0.3 is 9.88 Å². The Morgan fingerprint density at radius 1 is 1.20 bits per heavy atom. The normalized spacial score (nSPS) is 10.9. The molecule has 0 saturated heterocycles. The number of fused-ring (bicyclic) bond motifs is 1. The van der Waals surface area contributed by atoms with Gasteiger partial charge in [-0.05, 0) is 31.2 Å². The molecular weight excluding hydrogens is 248 g/mol. The Bertz CT molecular complexity index is 730. The molecule has 0 bridgehead atoms. The molecule has 0 aliphatic heterocycles. The standard InChI is InChI=1S/C16H18N4/c1-3-20-15-7-5-4-6-14(15)19-16(20)11-13-10-12(17-2)8-9-18-13/h4-10H,3,11H2,1-2H3,(H,17,18). The SMILES string of the molecule is CCn1c(Cc2cc(NC)ccn2)nc2ccccc21. The lowest BCUT2D eigenvalue weighted by molar-refractivity contribution is 0.729. The van der Waals surface area contributed by atoms with Crippen molar-refractivity contribution in [1.29, 1.82) is 0 Å². The average molecular weight is 266 g/mol. The van der Waals surface area contributed by atoms with E-state index in [1.807, 2.05) is 25.4 Å². The number of para-hydroxylation sites is 2. The quantitative estimate of drug-likeness (QED) is 0.789. The number of nitrogens with one attached hydrogen (secondary N) is 1. The Labute approximate surface area is 118 Å². The van der Waals surface area contributed by atoms with E-state index in [0.717, 1.165) is 35.7 Å². The van der Waals surface area contributed by atoms with Crippen LogP contribution < -0.4 is 5.32 Å². The number of rotatable bonds is 4. The zero-order valence-corrected chi connectivity index (χ0v) is 11.8. The molecule has 20 heavy (non-hydrogen) atoms. The summed E-state index contributed by atoms with van der Waals surface area (Å²) in [5.41, 5.74) is 4.35. The van der Waals surface area contributed by atoms with Crippen LogP contribution in [-0.4, -0.2) is 21.6 Å². The van der Waals surface area contributed by atoms with Crippen LogP contribution in [0.4, 0.5) is 5.69 Å². The van der Waals surface area contributed by atoms with Crippen molar-refractivity contribution < 1.29 is 0 Å². The summed E-state index contributed by atoms with van der Waals surface area (Å²) in [5.74, 6) is 1.06. The summed E-state index contributed by atoms with van der Waals surface area (Å²) in [5, 5.41) is 3.14. The predicted octanol–water partition coefficient (Wildman–Crippen LogP) is 3.08. The van der Waals surface area contributed by atoms with Gasteiger partial charge in [0, 0.05) is 37.6 Å². The second-order valence-corrected chi connectivity index (χ2v) is 4.72. The van der Waals surface area contributed by atoms with Crippen molar-refractivity contribution in [1.82, 2.24) is 14.5 Å². The van der Waals surface area contributed by atoms with Gasteiger partial charge in [0.05, 0.1) is 11.0 Å². The average Bonchev–Trinajstić information content (AvgIpc) is 2.84. The van der Waals surface area contributed by atoms with Gasteiger partial charge in [0.2, 0.25) is 0 Å². The molecule has 0 fully saturated rings. The lowest BCUT2D eigenvalue weighted by Gasteiger charge is -2.07. The van der Waals surface area contributed by atoms with Crippen molar-refractivity contribution in [3.63, 3.8) is 0 Å². The number of pyridine rings is 1. The monoisotopic (exact) mass is 266 g/mol. The van der Waals surface area contributed by atoms with E-state index in [1.165, 1.54) is 5.52 Å². The highest BCUT2D eigenvalue weighted by atomic mass is 15.1.